The summed E-state index contributed by atoms with van der Waals surface area (Å²) in [4.78, 5) is 11.5. The van der Waals surface area contributed by atoms with Crippen LogP contribution in [-0.2, 0) is 11.3 Å². The van der Waals surface area contributed by atoms with E-state index in [9.17, 15) is 9.90 Å². The quantitative estimate of drug-likeness (QED) is 0.799. The third kappa shape index (κ3) is 5.71. The Labute approximate surface area is 130 Å². The maximum absolute atomic E-state index is 11.5. The second-order valence-electron chi connectivity index (χ2n) is 4.77. The number of nitrogens with one attached hydrogen (secondary N) is 1. The largest absolute Gasteiger partial charge is 0.508 e. The summed E-state index contributed by atoms with van der Waals surface area (Å²) >= 11 is 0. The summed E-state index contributed by atoms with van der Waals surface area (Å²) in [6, 6.07) is 16.5. The van der Waals surface area contributed by atoms with Crippen molar-refractivity contribution in [1.29, 1.82) is 0 Å². The maximum atomic E-state index is 11.5. The molecule has 114 valence electrons. The number of phenols is 1. The minimum atomic E-state index is -0.415. The smallest absolute Gasteiger partial charge is 0.407 e. The summed E-state index contributed by atoms with van der Waals surface area (Å²) < 4.78 is 5.10. The van der Waals surface area contributed by atoms with Gasteiger partial charge in [-0.3, -0.25) is 0 Å². The fourth-order valence-corrected chi connectivity index (χ4v) is 1.84. The third-order valence-electron chi connectivity index (χ3n) is 3.00. The highest BCUT2D eigenvalue weighted by atomic mass is 16.5. The van der Waals surface area contributed by atoms with Crippen LogP contribution in [0.3, 0.4) is 0 Å². The van der Waals surface area contributed by atoms with Gasteiger partial charge < -0.3 is 15.2 Å². The van der Waals surface area contributed by atoms with E-state index in [2.05, 4.69) is 5.32 Å². The molecule has 0 saturated carbocycles. The molecule has 0 heterocycles. The zero-order chi connectivity index (χ0) is 15.6. The molecule has 2 aromatic rings. The molecule has 0 fully saturated rings. The lowest BCUT2D eigenvalue weighted by Gasteiger charge is -2.05. The first-order chi connectivity index (χ1) is 10.7. The first-order valence-corrected chi connectivity index (χ1v) is 7.14. The highest BCUT2D eigenvalue weighted by molar-refractivity contribution is 5.67. The van der Waals surface area contributed by atoms with Gasteiger partial charge in [-0.15, -0.1) is 0 Å². The van der Waals surface area contributed by atoms with Gasteiger partial charge in [-0.2, -0.15) is 0 Å². The molecule has 2 aromatic carbocycles. The van der Waals surface area contributed by atoms with E-state index >= 15 is 0 Å². The summed E-state index contributed by atoms with van der Waals surface area (Å²) in [5.41, 5.74) is 1.97. The molecule has 0 aromatic heterocycles. The number of benzene rings is 2. The van der Waals surface area contributed by atoms with Crippen LogP contribution in [0.5, 0.6) is 5.75 Å². The van der Waals surface area contributed by atoms with Crippen LogP contribution in [0.25, 0.3) is 6.08 Å². The fourth-order valence-electron chi connectivity index (χ4n) is 1.84. The second kappa shape index (κ2) is 8.52. The molecular formula is C18H19NO3. The second-order valence-corrected chi connectivity index (χ2v) is 4.77. The van der Waals surface area contributed by atoms with Gasteiger partial charge in [-0.05, 0) is 29.7 Å². The van der Waals surface area contributed by atoms with Crippen molar-refractivity contribution >= 4 is 12.2 Å². The first-order valence-electron chi connectivity index (χ1n) is 7.14. The molecule has 2 N–H and O–H groups in total. The number of ether oxygens (including phenoxy) is 1. The SMILES string of the molecule is O=C(NCCC=Cc1ccc(O)cc1)OCc1ccccc1. The van der Waals surface area contributed by atoms with E-state index in [1.165, 1.54) is 0 Å². The summed E-state index contributed by atoms with van der Waals surface area (Å²) in [5, 5.41) is 11.9. The van der Waals surface area contributed by atoms with Crippen molar-refractivity contribution in [2.24, 2.45) is 0 Å². The van der Waals surface area contributed by atoms with E-state index in [0.29, 0.717) is 13.0 Å². The molecule has 0 aliphatic heterocycles. The summed E-state index contributed by atoms with van der Waals surface area (Å²) in [5.74, 6) is 0.250. The van der Waals surface area contributed by atoms with Gasteiger partial charge in [0.1, 0.15) is 12.4 Å². The van der Waals surface area contributed by atoms with E-state index in [4.69, 9.17) is 4.74 Å². The standard InChI is InChI=1S/C18H19NO3/c20-17-11-9-15(10-12-17)6-4-5-13-19-18(21)22-14-16-7-2-1-3-8-16/h1-4,6-12,20H,5,13-14H2,(H,19,21). The molecule has 2 rings (SSSR count). The van der Waals surface area contributed by atoms with E-state index in [1.807, 2.05) is 54.6 Å². The molecule has 0 radical (unpaired) electrons. The van der Waals surface area contributed by atoms with Crippen LogP contribution in [0.4, 0.5) is 4.79 Å². The van der Waals surface area contributed by atoms with Gasteiger partial charge in [-0.1, -0.05) is 54.6 Å². The summed E-state index contributed by atoms with van der Waals surface area (Å²) in [6.07, 6.45) is 4.20. The number of carbonyl (C=O) groups excluding carboxylic acids is 1. The third-order valence-corrected chi connectivity index (χ3v) is 3.00. The number of hydrogen-bond donors (Lipinski definition) is 2. The van der Waals surface area contributed by atoms with Crippen LogP contribution >= 0.6 is 0 Å². The van der Waals surface area contributed by atoms with Gasteiger partial charge in [0.05, 0.1) is 0 Å². The molecule has 0 saturated heterocycles. The van der Waals surface area contributed by atoms with Gasteiger partial charge in [0.2, 0.25) is 0 Å². The minimum absolute atomic E-state index is 0.250. The normalized spacial score (nSPS) is 10.5. The van der Waals surface area contributed by atoms with Gasteiger partial charge in [0.25, 0.3) is 0 Å². The number of hydrogen-bond acceptors (Lipinski definition) is 3. The summed E-state index contributed by atoms with van der Waals surface area (Å²) in [6.45, 7) is 0.790. The molecule has 1 amide bonds. The molecule has 4 heteroatoms. The lowest BCUT2D eigenvalue weighted by atomic mass is 10.2. The Bertz CT molecular complexity index is 606. The van der Waals surface area contributed by atoms with Crippen molar-refractivity contribution in [2.75, 3.05) is 6.54 Å². The first kappa shape index (κ1) is 15.6. The molecule has 0 bridgehead atoms. The highest BCUT2D eigenvalue weighted by Crippen LogP contribution is 2.10. The van der Waals surface area contributed by atoms with Gasteiger partial charge >= 0.3 is 6.09 Å². The Hall–Kier alpha value is -2.75. The van der Waals surface area contributed by atoms with Crippen molar-refractivity contribution in [3.05, 3.63) is 71.8 Å². The molecule has 0 unspecified atom stereocenters. The van der Waals surface area contributed by atoms with Gasteiger partial charge in [0.15, 0.2) is 0 Å². The van der Waals surface area contributed by atoms with Crippen LogP contribution in [0, 0.1) is 0 Å². The van der Waals surface area contributed by atoms with E-state index in [0.717, 1.165) is 11.1 Å². The van der Waals surface area contributed by atoms with E-state index in [-0.39, 0.29) is 12.4 Å². The van der Waals surface area contributed by atoms with Crippen LogP contribution in [-0.4, -0.2) is 17.7 Å². The molecule has 4 nitrogen and oxygen atoms in total. The fraction of sp³-hybridized carbons (Fsp3) is 0.167. The number of phenolic OH excluding ortho intramolecular Hbond substituents is 1. The van der Waals surface area contributed by atoms with Gasteiger partial charge in [-0.25, -0.2) is 4.79 Å². The Morgan fingerprint density at radius 1 is 1.09 bits per heavy atom. The number of rotatable bonds is 6. The summed E-state index contributed by atoms with van der Waals surface area (Å²) in [7, 11) is 0. The zero-order valence-electron chi connectivity index (χ0n) is 12.2. The van der Waals surface area contributed by atoms with Crippen molar-refractivity contribution in [3.63, 3.8) is 0 Å². The van der Waals surface area contributed by atoms with Crippen molar-refractivity contribution in [2.45, 2.75) is 13.0 Å². The highest BCUT2D eigenvalue weighted by Gasteiger charge is 2.00. The van der Waals surface area contributed by atoms with Crippen LogP contribution < -0.4 is 5.32 Å². The van der Waals surface area contributed by atoms with Crippen LogP contribution in [0.2, 0.25) is 0 Å². The van der Waals surface area contributed by atoms with E-state index in [1.54, 1.807) is 12.1 Å². The monoisotopic (exact) mass is 297 g/mol. The number of carbonyl (C=O) groups is 1. The predicted octanol–water partition coefficient (Wildman–Crippen LogP) is 3.72. The molecular weight excluding hydrogens is 278 g/mol. The topological polar surface area (TPSA) is 58.6 Å². The molecule has 0 aliphatic carbocycles. The molecule has 0 atom stereocenters. The molecule has 22 heavy (non-hydrogen) atoms. The Morgan fingerprint density at radius 2 is 1.82 bits per heavy atom. The Morgan fingerprint density at radius 3 is 2.55 bits per heavy atom. The number of alkyl carbamates (subject to hydrolysis) is 1. The molecule has 0 spiro atoms. The Balaban J connectivity index is 1.61. The Kier molecular flexibility index (Phi) is 6.05. The van der Waals surface area contributed by atoms with Crippen molar-refractivity contribution in [1.82, 2.24) is 5.32 Å². The lowest BCUT2D eigenvalue weighted by Crippen LogP contribution is -2.24. The van der Waals surface area contributed by atoms with E-state index < -0.39 is 6.09 Å². The average molecular weight is 297 g/mol. The molecule has 0 aliphatic rings. The average Bonchev–Trinajstić information content (AvgIpc) is 2.55. The van der Waals surface area contributed by atoms with Crippen molar-refractivity contribution in [3.8, 4) is 5.75 Å². The minimum Gasteiger partial charge on any atom is -0.508 e. The maximum Gasteiger partial charge on any atom is 0.407 e. The predicted molar refractivity (Wildman–Crippen MR) is 86.4 cm³/mol. The zero-order valence-corrected chi connectivity index (χ0v) is 12.2. The van der Waals surface area contributed by atoms with Gasteiger partial charge in [0, 0.05) is 6.54 Å². The van der Waals surface area contributed by atoms with Crippen LogP contribution in [0.1, 0.15) is 17.5 Å². The number of aromatic hydroxyl groups is 1. The lowest BCUT2D eigenvalue weighted by molar-refractivity contribution is 0.140. The number of amides is 1. The van der Waals surface area contributed by atoms with Crippen molar-refractivity contribution < 1.29 is 14.6 Å². The van der Waals surface area contributed by atoms with Crippen LogP contribution in [0.15, 0.2) is 60.7 Å².